The fourth-order valence-electron chi connectivity index (χ4n) is 3.78. The zero-order valence-electron chi connectivity index (χ0n) is 22.1. The molecular formula is C32H27BrClN3O3S. The fourth-order valence-corrected chi connectivity index (χ4v) is 5.25. The minimum atomic E-state index is -0.517. The van der Waals surface area contributed by atoms with Gasteiger partial charge in [-0.25, -0.2) is 0 Å². The molecule has 0 saturated carbocycles. The van der Waals surface area contributed by atoms with E-state index in [0.29, 0.717) is 33.9 Å². The Labute approximate surface area is 256 Å². The summed E-state index contributed by atoms with van der Waals surface area (Å²) in [6.07, 6.45) is 2.15. The maximum absolute atomic E-state index is 13.4. The van der Waals surface area contributed by atoms with Crippen molar-refractivity contribution in [1.29, 1.82) is 0 Å². The van der Waals surface area contributed by atoms with Gasteiger partial charge in [0.15, 0.2) is 0 Å². The van der Waals surface area contributed by atoms with Crippen molar-refractivity contribution >= 4 is 74.5 Å². The molecule has 0 spiro atoms. The van der Waals surface area contributed by atoms with E-state index in [4.69, 9.17) is 11.6 Å². The highest BCUT2D eigenvalue weighted by Gasteiger charge is 2.19. The Morgan fingerprint density at radius 1 is 0.854 bits per heavy atom. The minimum absolute atomic E-state index is 0.0327. The average molecular weight is 649 g/mol. The Morgan fingerprint density at radius 3 is 2.27 bits per heavy atom. The van der Waals surface area contributed by atoms with Crippen LogP contribution in [0.5, 0.6) is 0 Å². The number of amides is 3. The maximum Gasteiger partial charge on any atom is 0.272 e. The lowest BCUT2D eigenvalue weighted by Crippen LogP contribution is -2.30. The number of benzene rings is 4. The van der Waals surface area contributed by atoms with Crippen molar-refractivity contribution in [1.82, 2.24) is 5.32 Å². The molecule has 3 N–H and O–H groups in total. The van der Waals surface area contributed by atoms with Gasteiger partial charge < -0.3 is 16.0 Å². The molecule has 0 heterocycles. The van der Waals surface area contributed by atoms with E-state index in [1.165, 1.54) is 17.8 Å². The summed E-state index contributed by atoms with van der Waals surface area (Å²) < 4.78 is 0.931. The summed E-state index contributed by atoms with van der Waals surface area (Å²) in [5, 5.41) is 8.63. The molecule has 0 aliphatic carbocycles. The second-order valence-electron chi connectivity index (χ2n) is 8.89. The Kier molecular flexibility index (Phi) is 10.8. The third-order valence-corrected chi connectivity index (χ3v) is 8.11. The summed E-state index contributed by atoms with van der Waals surface area (Å²) >= 11 is 11.1. The summed E-state index contributed by atoms with van der Waals surface area (Å²) in [5.74, 6) is -1.05. The summed E-state index contributed by atoms with van der Waals surface area (Å²) in [7, 11) is 0. The number of halogens is 2. The quantitative estimate of drug-likeness (QED) is 0.120. The van der Waals surface area contributed by atoms with Crippen molar-refractivity contribution < 1.29 is 14.4 Å². The number of carbonyl (C=O) groups is 3. The number of hydrogen-bond acceptors (Lipinski definition) is 4. The molecule has 4 aromatic carbocycles. The molecule has 0 fully saturated rings. The van der Waals surface area contributed by atoms with E-state index in [1.54, 1.807) is 66.7 Å². The van der Waals surface area contributed by atoms with Gasteiger partial charge in [0.25, 0.3) is 11.8 Å². The first-order valence-corrected chi connectivity index (χ1v) is 14.8. The van der Waals surface area contributed by atoms with Crippen LogP contribution in [0.3, 0.4) is 0 Å². The van der Waals surface area contributed by atoms with Gasteiger partial charge in [-0.3, -0.25) is 14.4 Å². The highest BCUT2D eigenvalue weighted by molar-refractivity contribution is 9.10. The van der Waals surface area contributed by atoms with Crippen LogP contribution in [0.4, 0.5) is 11.4 Å². The van der Waals surface area contributed by atoms with Gasteiger partial charge in [0.1, 0.15) is 5.70 Å². The van der Waals surface area contributed by atoms with Crippen LogP contribution in [0.15, 0.2) is 118 Å². The Balaban J connectivity index is 1.50. The number of carbonyl (C=O) groups excluding carboxylic acids is 3. The maximum atomic E-state index is 13.4. The largest absolute Gasteiger partial charge is 0.325 e. The minimum Gasteiger partial charge on any atom is -0.325 e. The molecule has 0 saturated heterocycles. The molecule has 6 nitrogen and oxygen atoms in total. The molecule has 9 heteroatoms. The number of nitrogens with one attached hydrogen (secondary N) is 3. The van der Waals surface area contributed by atoms with Crippen LogP contribution in [-0.4, -0.2) is 23.0 Å². The zero-order valence-corrected chi connectivity index (χ0v) is 25.2. The van der Waals surface area contributed by atoms with Gasteiger partial charge in [-0.05, 0) is 78.7 Å². The van der Waals surface area contributed by atoms with Gasteiger partial charge in [-0.1, -0.05) is 76.9 Å². The Bertz CT molecular complexity index is 1560. The van der Waals surface area contributed by atoms with E-state index in [1.807, 2.05) is 43.3 Å². The van der Waals surface area contributed by atoms with Crippen LogP contribution in [0.1, 0.15) is 29.3 Å². The Morgan fingerprint density at radius 2 is 1.56 bits per heavy atom. The van der Waals surface area contributed by atoms with E-state index in [0.717, 1.165) is 9.37 Å². The predicted molar refractivity (Wildman–Crippen MR) is 171 cm³/mol. The number of hydrogen-bond donors (Lipinski definition) is 3. The molecule has 0 radical (unpaired) electrons. The van der Waals surface area contributed by atoms with Crippen LogP contribution in [-0.2, 0) is 9.59 Å². The van der Waals surface area contributed by atoms with Crippen molar-refractivity contribution in [2.75, 3.05) is 10.6 Å². The van der Waals surface area contributed by atoms with Crippen LogP contribution in [0.25, 0.3) is 6.08 Å². The summed E-state index contributed by atoms with van der Waals surface area (Å²) in [6.45, 7) is 1.95. The lowest BCUT2D eigenvalue weighted by atomic mass is 10.1. The number of rotatable bonds is 10. The third-order valence-electron chi connectivity index (χ3n) is 5.88. The van der Waals surface area contributed by atoms with E-state index in [9.17, 15) is 14.4 Å². The highest BCUT2D eigenvalue weighted by atomic mass is 79.9. The molecule has 208 valence electrons. The first-order chi connectivity index (χ1) is 19.8. The monoisotopic (exact) mass is 647 g/mol. The second kappa shape index (κ2) is 14.7. The average Bonchev–Trinajstić information content (AvgIpc) is 2.98. The van der Waals surface area contributed by atoms with Gasteiger partial charge >= 0.3 is 0 Å². The van der Waals surface area contributed by atoms with E-state index >= 15 is 0 Å². The Hall–Kier alpha value is -3.85. The molecule has 0 aliphatic heterocycles. The first kappa shape index (κ1) is 30.1. The summed E-state index contributed by atoms with van der Waals surface area (Å²) in [6, 6.07) is 30.3. The lowest BCUT2D eigenvalue weighted by Gasteiger charge is -2.16. The predicted octanol–water partition coefficient (Wildman–Crippen LogP) is 8.02. The number of thioether (sulfide) groups is 1. The van der Waals surface area contributed by atoms with Crippen molar-refractivity contribution in [3.8, 4) is 0 Å². The summed E-state index contributed by atoms with van der Waals surface area (Å²) in [4.78, 5) is 40.1. The second-order valence-corrected chi connectivity index (χ2v) is 11.5. The van der Waals surface area contributed by atoms with E-state index in [-0.39, 0.29) is 16.9 Å². The topological polar surface area (TPSA) is 87.3 Å². The van der Waals surface area contributed by atoms with Gasteiger partial charge in [0, 0.05) is 31.3 Å². The molecule has 3 amide bonds. The van der Waals surface area contributed by atoms with Gasteiger partial charge in [-0.15, -0.1) is 11.8 Å². The van der Waals surface area contributed by atoms with Gasteiger partial charge in [0.2, 0.25) is 5.91 Å². The molecular weight excluding hydrogens is 622 g/mol. The standard InChI is InChI=1S/C32H27BrClN3O3S/c1-2-29(32(40)35-24-17-15-23(33)16-18-24)41-26-13-8-12-25(20-26)36-31(39)28(19-22-11-6-7-14-27(22)34)37-30(38)21-9-4-3-5-10-21/h3-20,29H,2H2,1H3,(H,35,40)(H,36,39)(H,37,38)/b28-19+. The van der Waals surface area contributed by atoms with E-state index in [2.05, 4.69) is 31.9 Å². The molecule has 0 aliphatic rings. The summed E-state index contributed by atoms with van der Waals surface area (Å²) in [5.41, 5.74) is 2.26. The van der Waals surface area contributed by atoms with Crippen LogP contribution >= 0.6 is 39.3 Å². The lowest BCUT2D eigenvalue weighted by molar-refractivity contribution is -0.116. The molecule has 0 aromatic heterocycles. The molecule has 41 heavy (non-hydrogen) atoms. The van der Waals surface area contributed by atoms with Crippen molar-refractivity contribution in [3.05, 3.63) is 129 Å². The molecule has 1 atom stereocenters. The fraction of sp³-hybridized carbons (Fsp3) is 0.0938. The zero-order chi connectivity index (χ0) is 29.2. The molecule has 4 rings (SSSR count). The SMILES string of the molecule is CCC(Sc1cccc(NC(=O)/C(=C\c2ccccc2Cl)NC(=O)c2ccccc2)c1)C(=O)Nc1ccc(Br)cc1. The smallest absolute Gasteiger partial charge is 0.272 e. The van der Waals surface area contributed by atoms with E-state index < -0.39 is 11.8 Å². The normalized spacial score (nSPS) is 11.8. The van der Waals surface area contributed by atoms with Crippen molar-refractivity contribution in [2.45, 2.75) is 23.5 Å². The third kappa shape index (κ3) is 8.82. The molecule has 0 bridgehead atoms. The van der Waals surface area contributed by atoms with Crippen LogP contribution < -0.4 is 16.0 Å². The molecule has 1 unspecified atom stereocenters. The number of anilines is 2. The first-order valence-electron chi connectivity index (χ1n) is 12.8. The highest BCUT2D eigenvalue weighted by Crippen LogP contribution is 2.29. The molecule has 4 aromatic rings. The van der Waals surface area contributed by atoms with Crippen LogP contribution in [0.2, 0.25) is 5.02 Å². The van der Waals surface area contributed by atoms with Crippen molar-refractivity contribution in [3.63, 3.8) is 0 Å². The van der Waals surface area contributed by atoms with Crippen molar-refractivity contribution in [2.24, 2.45) is 0 Å². The van der Waals surface area contributed by atoms with Gasteiger partial charge in [-0.2, -0.15) is 0 Å². The van der Waals surface area contributed by atoms with Crippen LogP contribution in [0, 0.1) is 0 Å². The van der Waals surface area contributed by atoms with Gasteiger partial charge in [0.05, 0.1) is 5.25 Å².